The summed E-state index contributed by atoms with van der Waals surface area (Å²) < 4.78 is 0. The molecule has 0 spiro atoms. The van der Waals surface area contributed by atoms with Gasteiger partial charge in [-0.3, -0.25) is 5.10 Å². The predicted octanol–water partition coefficient (Wildman–Crippen LogP) is 1.58. The second-order valence-electron chi connectivity index (χ2n) is 2.97. The van der Waals surface area contributed by atoms with E-state index in [2.05, 4.69) is 10.2 Å². The Balaban J connectivity index is 2.73. The molecule has 0 aliphatic heterocycles. The predicted molar refractivity (Wildman–Crippen MR) is 48.7 cm³/mol. The molecule has 0 aliphatic rings. The van der Waals surface area contributed by atoms with Crippen LogP contribution in [0.5, 0.6) is 0 Å². The first kappa shape index (κ1) is 7.31. The molecule has 0 fully saturated rings. The molecule has 0 amide bonds. The summed E-state index contributed by atoms with van der Waals surface area (Å²) in [6.45, 7) is 1.97. The molecule has 12 heavy (non-hydrogen) atoms. The summed E-state index contributed by atoms with van der Waals surface area (Å²) in [5, 5.41) is 7.99. The highest BCUT2D eigenvalue weighted by Gasteiger charge is 2.04. The lowest BCUT2D eigenvalue weighted by atomic mass is 10.1. The molecule has 0 unspecified atom stereocenters. The van der Waals surface area contributed by atoms with Crippen LogP contribution in [0.3, 0.4) is 0 Å². The molecule has 62 valence electrons. The van der Waals surface area contributed by atoms with Gasteiger partial charge in [0.15, 0.2) is 0 Å². The van der Waals surface area contributed by atoms with Crippen LogP contribution in [0.15, 0.2) is 24.4 Å². The highest BCUT2D eigenvalue weighted by atomic mass is 15.1. The number of nitrogens with zero attached hydrogens (tertiary/aromatic N) is 1. The molecule has 0 saturated heterocycles. The second kappa shape index (κ2) is 2.60. The molecular formula is C9H11N3. The molecule has 0 aliphatic carbocycles. The summed E-state index contributed by atoms with van der Waals surface area (Å²) in [4.78, 5) is 0. The second-order valence-corrected chi connectivity index (χ2v) is 2.97. The minimum Gasteiger partial charge on any atom is -0.324 e. The standard InChI is InChI=1S/C9H11N3/c1-6(10)7-3-2-4-9-8(7)5-11-12-9/h2-6H,10H2,1H3,(H,11,12)/t6-/m0/s1. The van der Waals surface area contributed by atoms with Gasteiger partial charge in [0.05, 0.1) is 11.7 Å². The zero-order valence-corrected chi connectivity index (χ0v) is 6.91. The van der Waals surface area contributed by atoms with Crippen molar-refractivity contribution in [2.24, 2.45) is 5.73 Å². The number of nitrogens with two attached hydrogens (primary N) is 1. The van der Waals surface area contributed by atoms with Gasteiger partial charge in [0, 0.05) is 11.4 Å². The molecule has 1 aromatic carbocycles. The Morgan fingerprint density at radius 2 is 2.33 bits per heavy atom. The molecular weight excluding hydrogens is 150 g/mol. The SMILES string of the molecule is C[C@H](N)c1cccc2[nH]ncc12. The largest absolute Gasteiger partial charge is 0.324 e. The average molecular weight is 161 g/mol. The van der Waals surface area contributed by atoms with Crippen molar-refractivity contribution in [1.29, 1.82) is 0 Å². The first-order valence-electron chi connectivity index (χ1n) is 3.96. The third-order valence-corrected chi connectivity index (χ3v) is 2.01. The molecule has 2 aromatic rings. The van der Waals surface area contributed by atoms with E-state index in [1.807, 2.05) is 31.3 Å². The smallest absolute Gasteiger partial charge is 0.0653 e. The van der Waals surface area contributed by atoms with Crippen molar-refractivity contribution < 1.29 is 0 Å². The van der Waals surface area contributed by atoms with Crippen LogP contribution >= 0.6 is 0 Å². The Bertz CT molecular complexity index is 389. The van der Waals surface area contributed by atoms with Gasteiger partial charge in [-0.25, -0.2) is 0 Å². The summed E-state index contributed by atoms with van der Waals surface area (Å²) >= 11 is 0. The lowest BCUT2D eigenvalue weighted by Gasteiger charge is -2.05. The number of aromatic nitrogens is 2. The molecule has 3 N–H and O–H groups in total. The quantitative estimate of drug-likeness (QED) is 0.667. The fraction of sp³-hybridized carbons (Fsp3) is 0.222. The van der Waals surface area contributed by atoms with Crippen LogP contribution in [0.2, 0.25) is 0 Å². The maximum atomic E-state index is 5.80. The van der Waals surface area contributed by atoms with Crippen LogP contribution in [-0.2, 0) is 0 Å². The summed E-state index contributed by atoms with van der Waals surface area (Å²) in [6.07, 6.45) is 1.81. The van der Waals surface area contributed by atoms with Crippen molar-refractivity contribution >= 4 is 10.9 Å². The third-order valence-electron chi connectivity index (χ3n) is 2.01. The lowest BCUT2D eigenvalue weighted by Crippen LogP contribution is -2.04. The van der Waals surface area contributed by atoms with Gasteiger partial charge in [0.25, 0.3) is 0 Å². The summed E-state index contributed by atoms with van der Waals surface area (Å²) in [5.41, 5.74) is 7.98. The van der Waals surface area contributed by atoms with Crippen molar-refractivity contribution in [3.63, 3.8) is 0 Å². The summed E-state index contributed by atoms with van der Waals surface area (Å²) in [6, 6.07) is 6.07. The number of aromatic amines is 1. The Kier molecular flexibility index (Phi) is 1.59. The number of rotatable bonds is 1. The van der Waals surface area contributed by atoms with E-state index in [-0.39, 0.29) is 6.04 Å². The Labute approximate surface area is 70.6 Å². The molecule has 1 atom stereocenters. The van der Waals surface area contributed by atoms with E-state index in [4.69, 9.17) is 5.73 Å². The minimum atomic E-state index is 0.0614. The maximum Gasteiger partial charge on any atom is 0.0653 e. The first-order valence-corrected chi connectivity index (χ1v) is 3.96. The van der Waals surface area contributed by atoms with E-state index < -0.39 is 0 Å². The topological polar surface area (TPSA) is 54.7 Å². The van der Waals surface area contributed by atoms with Crippen molar-refractivity contribution in [2.45, 2.75) is 13.0 Å². The molecule has 3 nitrogen and oxygen atoms in total. The van der Waals surface area contributed by atoms with Crippen LogP contribution < -0.4 is 5.73 Å². The van der Waals surface area contributed by atoms with Crippen molar-refractivity contribution in [3.05, 3.63) is 30.0 Å². The molecule has 3 heteroatoms. The highest BCUT2D eigenvalue weighted by molar-refractivity contribution is 5.81. The number of benzene rings is 1. The number of hydrogen-bond acceptors (Lipinski definition) is 2. The Morgan fingerprint density at radius 1 is 1.50 bits per heavy atom. The number of fused-ring (bicyclic) bond motifs is 1. The van der Waals surface area contributed by atoms with Gasteiger partial charge in [0.1, 0.15) is 0 Å². The molecule has 1 heterocycles. The molecule has 1 aromatic heterocycles. The lowest BCUT2D eigenvalue weighted by molar-refractivity contribution is 0.827. The van der Waals surface area contributed by atoms with Crippen LogP contribution in [-0.4, -0.2) is 10.2 Å². The number of hydrogen-bond donors (Lipinski definition) is 2. The molecule has 2 rings (SSSR count). The van der Waals surface area contributed by atoms with Crippen molar-refractivity contribution in [1.82, 2.24) is 10.2 Å². The maximum absolute atomic E-state index is 5.80. The zero-order chi connectivity index (χ0) is 8.55. The van der Waals surface area contributed by atoms with Crippen LogP contribution in [0.1, 0.15) is 18.5 Å². The molecule has 0 bridgehead atoms. The minimum absolute atomic E-state index is 0.0614. The van der Waals surface area contributed by atoms with Crippen LogP contribution in [0.4, 0.5) is 0 Å². The van der Waals surface area contributed by atoms with E-state index in [0.717, 1.165) is 16.5 Å². The van der Waals surface area contributed by atoms with E-state index in [9.17, 15) is 0 Å². The van der Waals surface area contributed by atoms with Gasteiger partial charge in [-0.1, -0.05) is 12.1 Å². The van der Waals surface area contributed by atoms with E-state index in [0.29, 0.717) is 0 Å². The zero-order valence-electron chi connectivity index (χ0n) is 6.91. The Hall–Kier alpha value is -1.35. The van der Waals surface area contributed by atoms with Gasteiger partial charge in [-0.15, -0.1) is 0 Å². The normalized spacial score (nSPS) is 13.5. The van der Waals surface area contributed by atoms with E-state index >= 15 is 0 Å². The average Bonchev–Trinajstić information content (AvgIpc) is 2.49. The van der Waals surface area contributed by atoms with Crippen LogP contribution in [0, 0.1) is 0 Å². The monoisotopic (exact) mass is 161 g/mol. The van der Waals surface area contributed by atoms with Gasteiger partial charge in [-0.2, -0.15) is 5.10 Å². The fourth-order valence-corrected chi connectivity index (χ4v) is 1.39. The van der Waals surface area contributed by atoms with Crippen molar-refractivity contribution in [3.8, 4) is 0 Å². The van der Waals surface area contributed by atoms with Gasteiger partial charge < -0.3 is 5.73 Å². The van der Waals surface area contributed by atoms with Gasteiger partial charge >= 0.3 is 0 Å². The number of nitrogens with one attached hydrogen (secondary N) is 1. The first-order chi connectivity index (χ1) is 5.79. The molecule has 0 radical (unpaired) electrons. The number of H-pyrrole nitrogens is 1. The summed E-state index contributed by atoms with van der Waals surface area (Å²) in [7, 11) is 0. The molecule has 0 saturated carbocycles. The van der Waals surface area contributed by atoms with Gasteiger partial charge in [0.2, 0.25) is 0 Å². The fourth-order valence-electron chi connectivity index (χ4n) is 1.39. The van der Waals surface area contributed by atoms with Crippen LogP contribution in [0.25, 0.3) is 10.9 Å². The van der Waals surface area contributed by atoms with E-state index in [1.165, 1.54) is 0 Å². The van der Waals surface area contributed by atoms with Crippen molar-refractivity contribution in [2.75, 3.05) is 0 Å². The highest BCUT2D eigenvalue weighted by Crippen LogP contribution is 2.20. The van der Waals surface area contributed by atoms with E-state index in [1.54, 1.807) is 0 Å². The Morgan fingerprint density at radius 3 is 3.08 bits per heavy atom. The third kappa shape index (κ3) is 0.987. The van der Waals surface area contributed by atoms with Gasteiger partial charge in [-0.05, 0) is 18.6 Å². The summed E-state index contributed by atoms with van der Waals surface area (Å²) in [5.74, 6) is 0.